The van der Waals surface area contributed by atoms with Gasteiger partial charge in [-0.25, -0.2) is 0 Å². The minimum absolute atomic E-state index is 0.0278. The number of nitrogens with zero attached hydrogens (tertiary/aromatic N) is 2. The Morgan fingerprint density at radius 3 is 2.35 bits per heavy atom. The molecule has 3 atom stereocenters. The highest BCUT2D eigenvalue weighted by atomic mass is 16.6. The van der Waals surface area contributed by atoms with Gasteiger partial charge >= 0.3 is 0 Å². The molecule has 6 nitrogen and oxygen atoms in total. The van der Waals surface area contributed by atoms with Crippen molar-refractivity contribution < 1.29 is 14.4 Å². The summed E-state index contributed by atoms with van der Waals surface area (Å²) >= 11 is 0. The predicted octanol–water partition coefficient (Wildman–Crippen LogP) is 6.96. The van der Waals surface area contributed by atoms with Gasteiger partial charge in [0.2, 0.25) is 0 Å². The standard InChI is InChI=1S/C31H43N3O3/c1-5-7-15-25(32)16-11-12-17-27(6-2)37-33-23(3)22-29-30(24-13-9-8-10-14-24)34(31(29)35)26-18-20-28(36-4)21-19-26/h8-10,13-14,18-22,25,27,30H,5-7,11-12,15-17,32H2,1-4H3/b29-22+,33-23?. The zero-order valence-corrected chi connectivity index (χ0v) is 22.9. The first kappa shape index (κ1) is 28.5. The first-order valence-corrected chi connectivity index (χ1v) is 13.7. The van der Waals surface area contributed by atoms with E-state index in [1.165, 1.54) is 12.8 Å². The molecule has 37 heavy (non-hydrogen) atoms. The highest BCUT2D eigenvalue weighted by molar-refractivity contribution is 6.18. The van der Waals surface area contributed by atoms with Crippen LogP contribution in [0.1, 0.15) is 83.7 Å². The predicted molar refractivity (Wildman–Crippen MR) is 152 cm³/mol. The van der Waals surface area contributed by atoms with Crippen molar-refractivity contribution in [3.05, 3.63) is 71.8 Å². The molecule has 0 bridgehead atoms. The number of allylic oxidation sites excluding steroid dienone is 1. The molecule has 0 aliphatic carbocycles. The Morgan fingerprint density at radius 2 is 1.70 bits per heavy atom. The smallest absolute Gasteiger partial charge is 0.257 e. The van der Waals surface area contributed by atoms with Crippen molar-refractivity contribution in [2.45, 2.75) is 90.3 Å². The van der Waals surface area contributed by atoms with Crippen LogP contribution in [0.4, 0.5) is 5.69 Å². The van der Waals surface area contributed by atoms with Crippen molar-refractivity contribution in [1.29, 1.82) is 0 Å². The fraction of sp³-hybridized carbons (Fsp3) is 0.484. The molecule has 0 spiro atoms. The lowest BCUT2D eigenvalue weighted by Gasteiger charge is -2.43. The normalized spacial score (nSPS) is 18.5. The number of hydrogen-bond donors (Lipinski definition) is 1. The molecule has 3 unspecified atom stereocenters. The number of carbonyl (C=O) groups is 1. The summed E-state index contributed by atoms with van der Waals surface area (Å²) in [6.45, 7) is 6.21. The van der Waals surface area contributed by atoms with Gasteiger partial charge in [0.05, 0.1) is 18.9 Å². The SMILES string of the molecule is CCCCC(N)CCCCC(CC)ON=C(C)/C=C1/C(=O)N(c2ccc(OC)cc2)C1c1ccccc1. The molecule has 2 aromatic carbocycles. The fourth-order valence-corrected chi connectivity index (χ4v) is 4.69. The molecular weight excluding hydrogens is 462 g/mol. The molecule has 3 rings (SSSR count). The van der Waals surface area contributed by atoms with Crippen LogP contribution in [-0.4, -0.2) is 30.9 Å². The molecule has 6 heteroatoms. The molecular formula is C31H43N3O3. The summed E-state index contributed by atoms with van der Waals surface area (Å²) in [4.78, 5) is 20.9. The molecule has 2 N–H and O–H groups in total. The third-order valence-corrected chi connectivity index (χ3v) is 6.93. The zero-order chi connectivity index (χ0) is 26.6. The Kier molecular flexibility index (Phi) is 11.2. The van der Waals surface area contributed by atoms with E-state index < -0.39 is 0 Å². The van der Waals surface area contributed by atoms with Gasteiger partial charge in [0.25, 0.3) is 5.91 Å². The largest absolute Gasteiger partial charge is 0.497 e. The Morgan fingerprint density at radius 1 is 1.03 bits per heavy atom. The number of ether oxygens (including phenoxy) is 1. The fourth-order valence-electron chi connectivity index (χ4n) is 4.69. The molecule has 0 aromatic heterocycles. The molecule has 1 fully saturated rings. The van der Waals surface area contributed by atoms with Crippen molar-refractivity contribution in [3.63, 3.8) is 0 Å². The van der Waals surface area contributed by atoms with Gasteiger partial charge in [0, 0.05) is 17.3 Å². The Labute approximate surface area is 222 Å². The van der Waals surface area contributed by atoms with Crippen molar-refractivity contribution in [3.8, 4) is 5.75 Å². The van der Waals surface area contributed by atoms with Gasteiger partial charge in [0.1, 0.15) is 11.9 Å². The van der Waals surface area contributed by atoms with Gasteiger partial charge in [-0.1, -0.05) is 68.6 Å². The van der Waals surface area contributed by atoms with E-state index in [0.29, 0.717) is 17.3 Å². The van der Waals surface area contributed by atoms with Crippen LogP contribution < -0.4 is 15.4 Å². The van der Waals surface area contributed by atoms with Gasteiger partial charge in [-0.05, 0) is 74.9 Å². The molecule has 1 amide bonds. The first-order chi connectivity index (χ1) is 18.0. The number of nitrogens with two attached hydrogens (primary N) is 1. The van der Waals surface area contributed by atoms with Crippen LogP contribution >= 0.6 is 0 Å². The Bertz CT molecular complexity index is 1030. The summed E-state index contributed by atoms with van der Waals surface area (Å²) < 4.78 is 5.27. The lowest BCUT2D eigenvalue weighted by molar-refractivity contribution is -0.119. The molecule has 0 radical (unpaired) electrons. The van der Waals surface area contributed by atoms with E-state index >= 15 is 0 Å². The van der Waals surface area contributed by atoms with Crippen LogP contribution in [-0.2, 0) is 9.63 Å². The average Bonchev–Trinajstić information content (AvgIpc) is 2.93. The van der Waals surface area contributed by atoms with Crippen molar-refractivity contribution in [2.75, 3.05) is 12.0 Å². The highest BCUT2D eigenvalue weighted by Gasteiger charge is 2.43. The van der Waals surface area contributed by atoms with E-state index in [2.05, 4.69) is 19.0 Å². The molecule has 1 aliphatic heterocycles. The van der Waals surface area contributed by atoms with Crippen LogP contribution in [0.15, 0.2) is 71.4 Å². The van der Waals surface area contributed by atoms with Crippen LogP contribution in [0, 0.1) is 0 Å². The zero-order valence-electron chi connectivity index (χ0n) is 22.9. The minimum atomic E-state index is -0.175. The molecule has 2 aromatic rings. The first-order valence-electron chi connectivity index (χ1n) is 13.7. The monoisotopic (exact) mass is 505 g/mol. The number of benzene rings is 2. The second-order valence-electron chi connectivity index (χ2n) is 9.84. The Balaban J connectivity index is 1.64. The van der Waals surface area contributed by atoms with Gasteiger partial charge in [-0.15, -0.1) is 0 Å². The number of rotatable bonds is 15. The highest BCUT2D eigenvalue weighted by Crippen LogP contribution is 2.43. The third kappa shape index (κ3) is 7.93. The van der Waals surface area contributed by atoms with Crippen molar-refractivity contribution in [2.24, 2.45) is 10.9 Å². The van der Waals surface area contributed by atoms with Crippen LogP contribution in [0.5, 0.6) is 5.75 Å². The molecule has 1 heterocycles. The minimum Gasteiger partial charge on any atom is -0.497 e. The maximum absolute atomic E-state index is 13.2. The lowest BCUT2D eigenvalue weighted by Crippen LogP contribution is -2.49. The molecule has 1 aliphatic rings. The van der Waals surface area contributed by atoms with E-state index in [0.717, 1.165) is 55.5 Å². The van der Waals surface area contributed by atoms with E-state index in [-0.39, 0.29) is 18.1 Å². The van der Waals surface area contributed by atoms with E-state index in [1.807, 2.05) is 72.5 Å². The lowest BCUT2D eigenvalue weighted by atomic mass is 9.86. The van der Waals surface area contributed by atoms with Gasteiger partial charge < -0.3 is 15.3 Å². The van der Waals surface area contributed by atoms with Gasteiger partial charge in [0.15, 0.2) is 0 Å². The number of unbranched alkanes of at least 4 members (excludes halogenated alkanes) is 2. The van der Waals surface area contributed by atoms with E-state index in [9.17, 15) is 4.79 Å². The number of amides is 1. The second kappa shape index (κ2) is 14.6. The summed E-state index contributed by atoms with van der Waals surface area (Å²) in [6.07, 6.45) is 10.6. The van der Waals surface area contributed by atoms with Gasteiger partial charge in [-0.2, -0.15) is 0 Å². The van der Waals surface area contributed by atoms with Crippen LogP contribution in [0.25, 0.3) is 0 Å². The summed E-state index contributed by atoms with van der Waals surface area (Å²) in [5.74, 6) is 0.730. The quantitative estimate of drug-likeness (QED) is 0.0933. The third-order valence-electron chi connectivity index (χ3n) is 6.93. The maximum Gasteiger partial charge on any atom is 0.257 e. The molecule has 200 valence electrons. The summed E-state index contributed by atoms with van der Waals surface area (Å²) in [5, 5.41) is 4.38. The molecule has 0 saturated carbocycles. The van der Waals surface area contributed by atoms with Crippen molar-refractivity contribution >= 4 is 17.3 Å². The summed E-state index contributed by atoms with van der Waals surface area (Å²) in [5.41, 5.74) is 9.50. The van der Waals surface area contributed by atoms with Crippen molar-refractivity contribution in [1.82, 2.24) is 0 Å². The number of oxime groups is 1. The summed E-state index contributed by atoms with van der Waals surface area (Å²) in [6, 6.07) is 17.8. The number of anilines is 1. The number of hydrogen-bond acceptors (Lipinski definition) is 5. The second-order valence-corrected chi connectivity index (χ2v) is 9.84. The average molecular weight is 506 g/mol. The van der Waals surface area contributed by atoms with E-state index in [4.69, 9.17) is 15.3 Å². The van der Waals surface area contributed by atoms with Crippen LogP contribution in [0.3, 0.4) is 0 Å². The van der Waals surface area contributed by atoms with Crippen LogP contribution in [0.2, 0.25) is 0 Å². The number of carbonyl (C=O) groups excluding carboxylic acids is 1. The van der Waals surface area contributed by atoms with Gasteiger partial charge in [-0.3, -0.25) is 9.69 Å². The summed E-state index contributed by atoms with van der Waals surface area (Å²) in [7, 11) is 1.63. The molecule has 1 saturated heterocycles. The number of β-lactam (4-membered cyclic amide) rings is 1. The maximum atomic E-state index is 13.2. The Hall–Kier alpha value is -3.12. The number of methoxy groups -OCH3 is 1. The topological polar surface area (TPSA) is 77.2 Å². The van der Waals surface area contributed by atoms with E-state index in [1.54, 1.807) is 7.11 Å².